The number of aromatic amines is 1. The van der Waals surface area contributed by atoms with Crippen molar-refractivity contribution < 1.29 is 4.39 Å². The number of allylic oxidation sites excluding steroid dienone is 2. The second-order valence-corrected chi connectivity index (χ2v) is 7.43. The molecule has 4 rings (SSSR count). The second kappa shape index (κ2) is 8.90. The van der Waals surface area contributed by atoms with Crippen LogP contribution in [0.25, 0.3) is 33.3 Å². The number of halogens is 1. The molecule has 0 atom stereocenters. The number of H-pyrrole nitrogens is 1. The number of hydrogen-bond acceptors (Lipinski definition) is 2. The van der Waals surface area contributed by atoms with E-state index in [1.165, 1.54) is 6.07 Å². The van der Waals surface area contributed by atoms with E-state index in [1.54, 1.807) is 24.4 Å². The van der Waals surface area contributed by atoms with Crippen molar-refractivity contribution in [1.29, 1.82) is 0 Å². The molecule has 4 aromatic rings. The van der Waals surface area contributed by atoms with Gasteiger partial charge >= 0.3 is 0 Å². The van der Waals surface area contributed by atoms with Crippen LogP contribution in [-0.2, 0) is 0 Å². The van der Waals surface area contributed by atoms with Crippen molar-refractivity contribution in [2.45, 2.75) is 6.92 Å². The van der Waals surface area contributed by atoms with Crippen LogP contribution in [0.4, 0.5) is 10.1 Å². The normalized spacial score (nSPS) is 11.9. The maximum atomic E-state index is 13.8. The van der Waals surface area contributed by atoms with Crippen LogP contribution in [0.15, 0.2) is 97.0 Å². The zero-order valence-electron chi connectivity index (χ0n) is 17.9. The molecule has 0 radical (unpaired) electrons. The van der Waals surface area contributed by atoms with Crippen LogP contribution in [0, 0.1) is 5.82 Å². The highest BCUT2D eigenvalue weighted by atomic mass is 19.1. The number of hydrogen-bond donors (Lipinski definition) is 2. The first kappa shape index (κ1) is 21.1. The Hall–Kier alpha value is -4.18. The first-order valence-corrected chi connectivity index (χ1v) is 10.3. The zero-order chi connectivity index (χ0) is 22.7. The first-order valence-electron chi connectivity index (χ1n) is 10.3. The third-order valence-electron chi connectivity index (χ3n) is 5.39. The molecule has 0 spiro atoms. The van der Waals surface area contributed by atoms with E-state index >= 15 is 0 Å². The number of aliphatic imine (C=N–C) groups is 1. The third kappa shape index (κ3) is 4.03. The molecule has 0 amide bonds. The summed E-state index contributed by atoms with van der Waals surface area (Å²) in [5, 5.41) is 0.994. The van der Waals surface area contributed by atoms with E-state index in [4.69, 9.17) is 5.73 Å². The Kier molecular flexibility index (Phi) is 5.86. The summed E-state index contributed by atoms with van der Waals surface area (Å²) < 4.78 is 13.8. The third-order valence-corrected chi connectivity index (χ3v) is 5.39. The zero-order valence-corrected chi connectivity index (χ0v) is 17.9. The molecule has 0 saturated heterocycles. The Labute approximate surface area is 187 Å². The number of anilines is 1. The molecular formula is C28H24FN3. The molecule has 3 N–H and O–H groups in total. The number of nitrogens with two attached hydrogens (primary N) is 1. The number of nitrogen functional groups attached to an aromatic ring is 1. The first-order chi connectivity index (χ1) is 15.5. The van der Waals surface area contributed by atoms with Crippen molar-refractivity contribution >= 4 is 34.1 Å². The van der Waals surface area contributed by atoms with Crippen LogP contribution < -0.4 is 5.73 Å². The highest BCUT2D eigenvalue weighted by Crippen LogP contribution is 2.34. The minimum atomic E-state index is -0.261. The molecule has 0 bridgehead atoms. The summed E-state index contributed by atoms with van der Waals surface area (Å²) in [4.78, 5) is 7.87. The standard InChI is InChI=1S/C28H24FN3/c1-4-14-31-26(5-2)20-12-13-25(30)23(16-20)18(3)28-17-24-22(10-7-11-27(24)32-28)19-8-6-9-21(29)15-19/h4-17,32H,1,3,30H2,2H3/b26-5-,31-14?. The quantitative estimate of drug-likeness (QED) is 0.250. The number of rotatable bonds is 6. The van der Waals surface area contributed by atoms with Gasteiger partial charge in [-0.15, -0.1) is 0 Å². The van der Waals surface area contributed by atoms with Crippen LogP contribution in [0.1, 0.15) is 23.7 Å². The fourth-order valence-corrected chi connectivity index (χ4v) is 3.80. The van der Waals surface area contributed by atoms with Crippen molar-refractivity contribution in [2.24, 2.45) is 4.99 Å². The predicted octanol–water partition coefficient (Wildman–Crippen LogP) is 7.24. The Bertz CT molecular complexity index is 1390. The van der Waals surface area contributed by atoms with E-state index in [1.807, 2.05) is 61.5 Å². The van der Waals surface area contributed by atoms with E-state index in [-0.39, 0.29) is 5.82 Å². The summed E-state index contributed by atoms with van der Waals surface area (Å²) >= 11 is 0. The minimum Gasteiger partial charge on any atom is -0.398 e. The summed E-state index contributed by atoms with van der Waals surface area (Å²) in [6, 6.07) is 20.4. The van der Waals surface area contributed by atoms with Gasteiger partial charge in [0.15, 0.2) is 0 Å². The van der Waals surface area contributed by atoms with Gasteiger partial charge in [-0.25, -0.2) is 4.39 Å². The number of fused-ring (bicyclic) bond motifs is 1. The number of nitrogens with one attached hydrogen (secondary N) is 1. The molecule has 0 aliphatic carbocycles. The lowest BCUT2D eigenvalue weighted by Gasteiger charge is -2.11. The van der Waals surface area contributed by atoms with Crippen LogP contribution >= 0.6 is 0 Å². The van der Waals surface area contributed by atoms with Crippen LogP contribution in [0.5, 0.6) is 0 Å². The second-order valence-electron chi connectivity index (χ2n) is 7.43. The SMILES string of the molecule is C=CC=N/C(=C\C)c1ccc(N)c(C(=C)c2cc3c(-c4cccc(F)c4)cccc3[nH]2)c1. The van der Waals surface area contributed by atoms with Crippen molar-refractivity contribution in [2.75, 3.05) is 5.73 Å². The van der Waals surface area contributed by atoms with E-state index in [0.29, 0.717) is 5.69 Å². The summed E-state index contributed by atoms with van der Waals surface area (Å²) in [5.74, 6) is -0.261. The molecule has 0 unspecified atom stereocenters. The van der Waals surface area contributed by atoms with Gasteiger partial charge in [-0.1, -0.05) is 55.6 Å². The van der Waals surface area contributed by atoms with Gasteiger partial charge < -0.3 is 10.7 Å². The van der Waals surface area contributed by atoms with Gasteiger partial charge in [0.1, 0.15) is 5.82 Å². The Morgan fingerprint density at radius 3 is 2.62 bits per heavy atom. The Balaban J connectivity index is 1.78. The van der Waals surface area contributed by atoms with Gasteiger partial charge in [-0.3, -0.25) is 4.99 Å². The number of aromatic nitrogens is 1. The molecule has 0 aliphatic rings. The Morgan fingerprint density at radius 2 is 1.88 bits per heavy atom. The molecule has 0 fully saturated rings. The molecule has 0 saturated carbocycles. The molecule has 0 aliphatic heterocycles. The number of benzene rings is 3. The largest absolute Gasteiger partial charge is 0.398 e. The average Bonchev–Trinajstić information content (AvgIpc) is 3.24. The van der Waals surface area contributed by atoms with Crippen LogP contribution in [-0.4, -0.2) is 11.2 Å². The molecule has 3 nitrogen and oxygen atoms in total. The highest BCUT2D eigenvalue weighted by Gasteiger charge is 2.14. The van der Waals surface area contributed by atoms with Crippen molar-refractivity contribution in [3.05, 3.63) is 115 Å². The fourth-order valence-electron chi connectivity index (χ4n) is 3.80. The van der Waals surface area contributed by atoms with Gasteiger partial charge in [0.25, 0.3) is 0 Å². The smallest absolute Gasteiger partial charge is 0.123 e. The van der Waals surface area contributed by atoms with Crippen LogP contribution in [0.3, 0.4) is 0 Å². The molecular weight excluding hydrogens is 397 g/mol. The monoisotopic (exact) mass is 421 g/mol. The summed E-state index contributed by atoms with van der Waals surface area (Å²) in [7, 11) is 0. The van der Waals surface area contributed by atoms with Crippen LogP contribution in [0.2, 0.25) is 0 Å². The average molecular weight is 422 g/mol. The summed E-state index contributed by atoms with van der Waals surface area (Å²) in [6.45, 7) is 9.93. The van der Waals surface area contributed by atoms with Gasteiger partial charge in [0.2, 0.25) is 0 Å². The van der Waals surface area contributed by atoms with Crippen molar-refractivity contribution in [1.82, 2.24) is 4.98 Å². The summed E-state index contributed by atoms with van der Waals surface area (Å²) in [6.07, 6.45) is 5.24. The van der Waals surface area contributed by atoms with Crippen molar-refractivity contribution in [3.63, 3.8) is 0 Å². The van der Waals surface area contributed by atoms with Gasteiger partial charge in [-0.05, 0) is 54.4 Å². The van der Waals surface area contributed by atoms with Gasteiger partial charge in [-0.2, -0.15) is 0 Å². The predicted molar refractivity (Wildman–Crippen MR) is 135 cm³/mol. The lowest BCUT2D eigenvalue weighted by Crippen LogP contribution is -1.96. The highest BCUT2D eigenvalue weighted by molar-refractivity contribution is 5.99. The lowest BCUT2D eigenvalue weighted by molar-refractivity contribution is 0.628. The Morgan fingerprint density at radius 1 is 1.06 bits per heavy atom. The van der Waals surface area contributed by atoms with Crippen molar-refractivity contribution in [3.8, 4) is 11.1 Å². The lowest BCUT2D eigenvalue weighted by atomic mass is 9.97. The molecule has 1 aromatic heterocycles. The van der Waals surface area contributed by atoms with E-state index in [2.05, 4.69) is 23.1 Å². The molecule has 1 heterocycles. The van der Waals surface area contributed by atoms with Gasteiger partial charge in [0.05, 0.1) is 5.70 Å². The molecule has 158 valence electrons. The number of nitrogens with zero attached hydrogens (tertiary/aromatic N) is 1. The summed E-state index contributed by atoms with van der Waals surface area (Å²) in [5.41, 5.74) is 13.9. The minimum absolute atomic E-state index is 0.261. The van der Waals surface area contributed by atoms with Gasteiger partial charge in [0, 0.05) is 45.2 Å². The van der Waals surface area contributed by atoms with E-state index in [9.17, 15) is 4.39 Å². The van der Waals surface area contributed by atoms with E-state index in [0.717, 1.165) is 50.1 Å². The fraction of sp³-hybridized carbons (Fsp3) is 0.0357. The molecule has 3 aromatic carbocycles. The molecule has 4 heteroatoms. The van der Waals surface area contributed by atoms with E-state index < -0.39 is 0 Å². The topological polar surface area (TPSA) is 54.2 Å². The maximum Gasteiger partial charge on any atom is 0.123 e. The maximum absolute atomic E-state index is 13.8. The molecule has 32 heavy (non-hydrogen) atoms.